The summed E-state index contributed by atoms with van der Waals surface area (Å²) in [7, 11) is 1.30. The first-order valence-corrected chi connectivity index (χ1v) is 9.07. The topological polar surface area (TPSA) is 88.5 Å². The number of pyridine rings is 1. The summed E-state index contributed by atoms with van der Waals surface area (Å²) in [6, 6.07) is 9.65. The maximum atomic E-state index is 14.3. The zero-order valence-electron chi connectivity index (χ0n) is 16.2. The summed E-state index contributed by atoms with van der Waals surface area (Å²) < 4.78 is 47.2. The number of carbonyl (C=O) groups is 2. The van der Waals surface area contributed by atoms with Gasteiger partial charge in [-0.05, 0) is 36.4 Å². The van der Waals surface area contributed by atoms with Gasteiger partial charge in [0.05, 0.1) is 19.6 Å². The molecular formula is C22H17F3N2O4. The molecule has 160 valence electrons. The number of aromatic nitrogens is 1. The Morgan fingerprint density at radius 3 is 2.48 bits per heavy atom. The predicted octanol–water partition coefficient (Wildman–Crippen LogP) is 4.12. The lowest BCUT2D eigenvalue weighted by Gasteiger charge is -2.18. The lowest BCUT2D eigenvalue weighted by atomic mass is 10.0. The minimum Gasteiger partial charge on any atom is -0.494 e. The first-order valence-electron chi connectivity index (χ1n) is 9.07. The largest absolute Gasteiger partial charge is 0.494 e. The number of benzene rings is 2. The molecule has 1 unspecified atom stereocenters. The molecule has 0 saturated carbocycles. The summed E-state index contributed by atoms with van der Waals surface area (Å²) in [6.45, 7) is 0. The van der Waals surface area contributed by atoms with Crippen LogP contribution in [0.1, 0.15) is 28.5 Å². The lowest BCUT2D eigenvalue weighted by Crippen LogP contribution is -2.31. The van der Waals surface area contributed by atoms with Crippen LogP contribution >= 0.6 is 0 Å². The minimum atomic E-state index is -1.25. The number of hydrogen-bond donors (Lipinski definition) is 2. The van der Waals surface area contributed by atoms with Crippen molar-refractivity contribution in [1.29, 1.82) is 0 Å². The predicted molar refractivity (Wildman–Crippen MR) is 105 cm³/mol. The summed E-state index contributed by atoms with van der Waals surface area (Å²) in [6.07, 6.45) is -0.575. The van der Waals surface area contributed by atoms with Crippen LogP contribution in [-0.2, 0) is 4.79 Å². The van der Waals surface area contributed by atoms with E-state index in [1.54, 1.807) is 0 Å². The molecule has 0 aliphatic carbocycles. The molecule has 1 amide bonds. The number of carboxylic acids is 1. The van der Waals surface area contributed by atoms with Crippen molar-refractivity contribution in [3.8, 4) is 17.0 Å². The molecule has 2 N–H and O–H groups in total. The third-order valence-corrected chi connectivity index (χ3v) is 4.46. The van der Waals surface area contributed by atoms with Gasteiger partial charge in [-0.1, -0.05) is 18.2 Å². The van der Waals surface area contributed by atoms with E-state index in [0.717, 1.165) is 24.3 Å². The highest BCUT2D eigenvalue weighted by Crippen LogP contribution is 2.31. The number of carboxylic acid groups (broad SMARTS) is 1. The van der Waals surface area contributed by atoms with Crippen LogP contribution in [0.4, 0.5) is 13.2 Å². The van der Waals surface area contributed by atoms with Gasteiger partial charge in [0.1, 0.15) is 34.6 Å². The minimum absolute atomic E-state index is 0.0110. The molecule has 1 heterocycles. The summed E-state index contributed by atoms with van der Waals surface area (Å²) in [5.74, 6) is -4.15. The number of aliphatic carboxylic acids is 1. The molecule has 31 heavy (non-hydrogen) atoms. The molecule has 6 nitrogen and oxygen atoms in total. The molecule has 1 aromatic heterocycles. The van der Waals surface area contributed by atoms with Crippen molar-refractivity contribution in [2.24, 2.45) is 0 Å². The summed E-state index contributed by atoms with van der Waals surface area (Å²) >= 11 is 0. The third-order valence-electron chi connectivity index (χ3n) is 4.46. The van der Waals surface area contributed by atoms with Crippen molar-refractivity contribution in [3.63, 3.8) is 0 Å². The van der Waals surface area contributed by atoms with E-state index in [0.29, 0.717) is 0 Å². The lowest BCUT2D eigenvalue weighted by molar-refractivity contribution is -0.137. The van der Waals surface area contributed by atoms with E-state index in [2.05, 4.69) is 10.3 Å². The van der Waals surface area contributed by atoms with Crippen LogP contribution in [0.5, 0.6) is 5.75 Å². The smallest absolute Gasteiger partial charge is 0.305 e. The van der Waals surface area contributed by atoms with Gasteiger partial charge in [-0.3, -0.25) is 9.59 Å². The normalized spacial score (nSPS) is 11.6. The molecule has 0 saturated heterocycles. The van der Waals surface area contributed by atoms with Crippen molar-refractivity contribution in [2.75, 3.05) is 7.11 Å². The van der Waals surface area contributed by atoms with Gasteiger partial charge in [-0.15, -0.1) is 0 Å². The molecule has 9 heteroatoms. The van der Waals surface area contributed by atoms with Crippen LogP contribution in [-0.4, -0.2) is 29.1 Å². The molecule has 3 rings (SSSR count). The van der Waals surface area contributed by atoms with E-state index in [9.17, 15) is 22.8 Å². The molecule has 3 aromatic rings. The van der Waals surface area contributed by atoms with E-state index >= 15 is 0 Å². The van der Waals surface area contributed by atoms with Gasteiger partial charge in [-0.25, -0.2) is 18.2 Å². The zero-order chi connectivity index (χ0) is 22.5. The maximum absolute atomic E-state index is 14.3. The summed E-state index contributed by atoms with van der Waals surface area (Å²) in [5, 5.41) is 11.6. The Bertz CT molecular complexity index is 1140. The second kappa shape index (κ2) is 9.29. The van der Waals surface area contributed by atoms with E-state index in [1.807, 2.05) is 0 Å². The number of nitrogens with zero attached hydrogens (tertiary/aromatic N) is 1. The molecule has 0 fully saturated rings. The van der Waals surface area contributed by atoms with Crippen LogP contribution in [0.3, 0.4) is 0 Å². The fourth-order valence-electron chi connectivity index (χ4n) is 3.01. The van der Waals surface area contributed by atoms with Crippen LogP contribution in [0.25, 0.3) is 11.3 Å². The van der Waals surface area contributed by atoms with Crippen LogP contribution in [0.2, 0.25) is 0 Å². The summed E-state index contributed by atoms with van der Waals surface area (Å²) in [5.41, 5.74) is -0.565. The molecule has 1 atom stereocenters. The number of nitrogens with one attached hydrogen (secondary N) is 1. The molecule has 0 aliphatic heterocycles. The standard InChI is InChI=1S/C22H17F3N2O4/c1-31-19-9-8-17(26-21(19)14-10-12(23)6-7-16(14)25)22(30)27-18(11-20(28)29)13-4-2-3-5-15(13)24/h2-10,18H,11H2,1H3,(H,27,30)(H,28,29). The molecule has 0 aliphatic rings. The third kappa shape index (κ3) is 5.00. The Morgan fingerprint density at radius 2 is 1.81 bits per heavy atom. The fourth-order valence-corrected chi connectivity index (χ4v) is 3.01. The van der Waals surface area contributed by atoms with Gasteiger partial charge in [-0.2, -0.15) is 0 Å². The van der Waals surface area contributed by atoms with Gasteiger partial charge >= 0.3 is 5.97 Å². The molecule has 0 spiro atoms. The number of halogens is 3. The van der Waals surface area contributed by atoms with Crippen LogP contribution in [0, 0.1) is 17.5 Å². The first-order chi connectivity index (χ1) is 14.8. The number of ether oxygens (including phenoxy) is 1. The second-order valence-corrected chi connectivity index (χ2v) is 6.52. The highest BCUT2D eigenvalue weighted by molar-refractivity contribution is 5.93. The Morgan fingerprint density at radius 1 is 1.06 bits per heavy atom. The van der Waals surface area contributed by atoms with E-state index in [1.165, 1.54) is 37.4 Å². The Labute approximate surface area is 175 Å². The first kappa shape index (κ1) is 21.8. The average molecular weight is 430 g/mol. The van der Waals surface area contributed by atoms with Gasteiger partial charge in [0, 0.05) is 11.1 Å². The Kier molecular flexibility index (Phi) is 6.54. The highest BCUT2D eigenvalue weighted by Gasteiger charge is 2.23. The average Bonchev–Trinajstić information content (AvgIpc) is 2.74. The highest BCUT2D eigenvalue weighted by atomic mass is 19.1. The van der Waals surface area contributed by atoms with E-state index < -0.39 is 41.8 Å². The van der Waals surface area contributed by atoms with Crippen molar-refractivity contribution in [1.82, 2.24) is 10.3 Å². The SMILES string of the molecule is COc1ccc(C(=O)NC(CC(=O)O)c2ccccc2F)nc1-c1cc(F)ccc1F. The van der Waals surface area contributed by atoms with Gasteiger partial charge in [0.15, 0.2) is 0 Å². The summed E-state index contributed by atoms with van der Waals surface area (Å²) in [4.78, 5) is 28.1. The maximum Gasteiger partial charge on any atom is 0.305 e. The molecule has 2 aromatic carbocycles. The van der Waals surface area contributed by atoms with Crippen molar-refractivity contribution >= 4 is 11.9 Å². The van der Waals surface area contributed by atoms with Crippen molar-refractivity contribution in [3.05, 3.63) is 83.3 Å². The Balaban J connectivity index is 1.98. The van der Waals surface area contributed by atoms with Crippen LogP contribution in [0.15, 0.2) is 54.6 Å². The molecular weight excluding hydrogens is 413 g/mol. The monoisotopic (exact) mass is 430 g/mol. The quantitative estimate of drug-likeness (QED) is 0.589. The van der Waals surface area contributed by atoms with Crippen LogP contribution < -0.4 is 10.1 Å². The number of rotatable bonds is 7. The van der Waals surface area contributed by atoms with E-state index in [-0.39, 0.29) is 28.3 Å². The van der Waals surface area contributed by atoms with E-state index in [4.69, 9.17) is 9.84 Å². The van der Waals surface area contributed by atoms with Gasteiger partial charge < -0.3 is 15.2 Å². The van der Waals surface area contributed by atoms with Crippen molar-refractivity contribution < 1.29 is 32.6 Å². The van der Waals surface area contributed by atoms with Gasteiger partial charge in [0.2, 0.25) is 0 Å². The fraction of sp³-hybridized carbons (Fsp3) is 0.136. The number of amides is 1. The number of methoxy groups -OCH3 is 1. The number of hydrogen-bond acceptors (Lipinski definition) is 4. The number of carbonyl (C=O) groups excluding carboxylic acids is 1. The van der Waals surface area contributed by atoms with Crippen molar-refractivity contribution in [2.45, 2.75) is 12.5 Å². The molecule has 0 radical (unpaired) electrons. The zero-order valence-corrected chi connectivity index (χ0v) is 16.2. The Hall–Kier alpha value is -3.88. The molecule has 0 bridgehead atoms. The van der Waals surface area contributed by atoms with Gasteiger partial charge in [0.25, 0.3) is 5.91 Å². The second-order valence-electron chi connectivity index (χ2n) is 6.52.